The molecule has 0 saturated heterocycles. The van der Waals surface area contributed by atoms with Crippen molar-refractivity contribution in [3.05, 3.63) is 68.7 Å². The number of hydrogen-bond acceptors (Lipinski definition) is 4. The van der Waals surface area contributed by atoms with Crippen molar-refractivity contribution < 1.29 is 19.2 Å². The number of nitrogens with zero attached hydrogens (tertiary/aromatic N) is 2. The van der Waals surface area contributed by atoms with Crippen LogP contribution in [0, 0.1) is 0 Å². The summed E-state index contributed by atoms with van der Waals surface area (Å²) in [4.78, 5) is 50.2. The average molecular weight is 475 g/mol. The molecule has 0 fully saturated rings. The maximum absolute atomic E-state index is 12.0. The Morgan fingerprint density at radius 1 is 0.688 bits per heavy atom. The fourth-order valence-electron chi connectivity index (χ4n) is 3.59. The zero-order valence-electron chi connectivity index (χ0n) is 18.0. The van der Waals surface area contributed by atoms with Gasteiger partial charge in [0.25, 0.3) is 23.6 Å². The third-order valence-corrected chi connectivity index (χ3v) is 5.90. The number of hydrogen-bond donors (Lipinski definition) is 0. The van der Waals surface area contributed by atoms with Crippen LogP contribution in [-0.4, -0.2) is 46.5 Å². The molecule has 2 aliphatic heterocycles. The minimum atomic E-state index is -0.265. The first kappa shape index (κ1) is 24.0. The van der Waals surface area contributed by atoms with Crippen LogP contribution in [0.25, 0.3) is 0 Å². The van der Waals surface area contributed by atoms with Gasteiger partial charge in [-0.2, -0.15) is 0 Å². The van der Waals surface area contributed by atoms with Crippen LogP contribution in [0.5, 0.6) is 0 Å². The molecule has 0 aliphatic carbocycles. The van der Waals surface area contributed by atoms with Crippen molar-refractivity contribution in [2.75, 3.05) is 13.1 Å². The van der Waals surface area contributed by atoms with Crippen LogP contribution in [0.15, 0.2) is 36.4 Å². The second-order valence-corrected chi connectivity index (χ2v) is 8.43. The van der Waals surface area contributed by atoms with Crippen LogP contribution in [0.2, 0.25) is 10.0 Å². The van der Waals surface area contributed by atoms with Gasteiger partial charge >= 0.3 is 0 Å². The minimum absolute atomic E-state index is 0.204. The second kappa shape index (κ2) is 10.3. The van der Waals surface area contributed by atoms with E-state index in [9.17, 15) is 19.2 Å². The zero-order valence-corrected chi connectivity index (χ0v) is 19.5. The molecule has 6 nitrogen and oxygen atoms in total. The summed E-state index contributed by atoms with van der Waals surface area (Å²) in [6, 6.07) is 9.78. The zero-order chi connectivity index (χ0) is 23.4. The molecule has 0 N–H and O–H groups in total. The Balaban J connectivity index is 0.000000181. The molecule has 0 unspecified atom stereocenters. The van der Waals surface area contributed by atoms with E-state index in [1.807, 2.05) is 13.8 Å². The number of unbranched alkanes of at least 4 members (excludes halogenated alkanes) is 2. The highest BCUT2D eigenvalue weighted by molar-refractivity contribution is 6.37. The molecule has 4 amide bonds. The van der Waals surface area contributed by atoms with E-state index >= 15 is 0 Å². The lowest BCUT2D eigenvalue weighted by atomic mass is 10.1. The first-order valence-corrected chi connectivity index (χ1v) is 11.4. The predicted molar refractivity (Wildman–Crippen MR) is 123 cm³/mol. The fourth-order valence-corrected chi connectivity index (χ4v) is 4.02. The molecule has 2 aliphatic rings. The molecule has 2 aromatic carbocycles. The molecule has 32 heavy (non-hydrogen) atoms. The summed E-state index contributed by atoms with van der Waals surface area (Å²) < 4.78 is 0. The number of benzene rings is 2. The predicted octanol–water partition coefficient (Wildman–Crippen LogP) is 5.47. The highest BCUT2D eigenvalue weighted by Gasteiger charge is 2.36. The summed E-state index contributed by atoms with van der Waals surface area (Å²) in [5, 5.41) is 0.840. The molecule has 0 atom stereocenters. The number of imide groups is 2. The second-order valence-electron chi connectivity index (χ2n) is 7.58. The van der Waals surface area contributed by atoms with Crippen molar-refractivity contribution >= 4 is 46.8 Å². The van der Waals surface area contributed by atoms with E-state index in [2.05, 4.69) is 0 Å². The van der Waals surface area contributed by atoms with Gasteiger partial charge in [0.2, 0.25) is 0 Å². The van der Waals surface area contributed by atoms with Gasteiger partial charge < -0.3 is 0 Å². The van der Waals surface area contributed by atoms with Crippen molar-refractivity contribution in [1.82, 2.24) is 9.80 Å². The van der Waals surface area contributed by atoms with Gasteiger partial charge in [-0.15, -0.1) is 0 Å². The van der Waals surface area contributed by atoms with Crippen molar-refractivity contribution in [3.8, 4) is 0 Å². The SMILES string of the molecule is CCCCN1C(=O)c2ccc(Cl)cc2C1=O.CCCCN1C(=O)c2cccc(Cl)c2C1=O. The monoisotopic (exact) mass is 474 g/mol. The largest absolute Gasteiger partial charge is 0.274 e. The Morgan fingerprint density at radius 2 is 1.25 bits per heavy atom. The van der Waals surface area contributed by atoms with E-state index in [1.165, 1.54) is 9.80 Å². The minimum Gasteiger partial charge on any atom is -0.274 e. The molecule has 2 heterocycles. The lowest BCUT2D eigenvalue weighted by Crippen LogP contribution is -2.30. The van der Waals surface area contributed by atoms with Gasteiger partial charge in [0.1, 0.15) is 0 Å². The third-order valence-electron chi connectivity index (χ3n) is 5.35. The van der Waals surface area contributed by atoms with Gasteiger partial charge in [-0.25, -0.2) is 0 Å². The van der Waals surface area contributed by atoms with Crippen LogP contribution in [0.4, 0.5) is 0 Å². The van der Waals surface area contributed by atoms with Crippen LogP contribution in [0.1, 0.15) is 81.0 Å². The Morgan fingerprint density at radius 3 is 1.84 bits per heavy atom. The number of amides is 4. The smallest absolute Gasteiger partial charge is 0.263 e. The fraction of sp³-hybridized carbons (Fsp3) is 0.333. The van der Waals surface area contributed by atoms with Crippen molar-refractivity contribution in [3.63, 3.8) is 0 Å². The molecule has 2 aromatic rings. The lowest BCUT2D eigenvalue weighted by Gasteiger charge is -2.12. The normalized spacial score (nSPS) is 14.5. The van der Waals surface area contributed by atoms with Gasteiger partial charge in [-0.3, -0.25) is 29.0 Å². The number of halogens is 2. The highest BCUT2D eigenvalue weighted by Crippen LogP contribution is 2.29. The number of carbonyl (C=O) groups is 4. The van der Waals surface area contributed by atoms with Gasteiger partial charge in [0.05, 0.1) is 27.3 Å². The summed E-state index contributed by atoms with van der Waals surface area (Å²) in [6.45, 7) is 5.00. The van der Waals surface area contributed by atoms with Crippen LogP contribution < -0.4 is 0 Å². The standard InChI is InChI=1S/2C12H12ClNO2/c1-2-3-7-14-11(15)8-5-4-6-9(13)10(8)12(14)16;1-2-3-6-14-11(15)9-5-4-8(13)7-10(9)12(14)16/h4-6H,2-3,7H2,1H3;4-5,7H,2-3,6H2,1H3. The van der Waals surface area contributed by atoms with Crippen LogP contribution in [0.3, 0.4) is 0 Å². The molecular formula is C24H24Cl2N2O4. The first-order valence-electron chi connectivity index (χ1n) is 10.6. The molecule has 168 valence electrons. The van der Waals surface area contributed by atoms with Crippen molar-refractivity contribution in [1.29, 1.82) is 0 Å². The van der Waals surface area contributed by atoms with Crippen molar-refractivity contribution in [2.24, 2.45) is 0 Å². The third kappa shape index (κ3) is 4.57. The molecule has 0 spiro atoms. The Bertz CT molecular complexity index is 1080. The molecule has 0 radical (unpaired) electrons. The first-order chi connectivity index (χ1) is 15.3. The summed E-state index contributed by atoms with van der Waals surface area (Å²) in [6.07, 6.45) is 3.55. The Kier molecular flexibility index (Phi) is 7.69. The van der Waals surface area contributed by atoms with Crippen LogP contribution in [-0.2, 0) is 0 Å². The molecule has 0 bridgehead atoms. The van der Waals surface area contributed by atoms with E-state index in [0.29, 0.717) is 45.4 Å². The van der Waals surface area contributed by atoms with E-state index in [1.54, 1.807) is 36.4 Å². The number of fused-ring (bicyclic) bond motifs is 2. The molecule has 0 saturated carbocycles. The number of rotatable bonds is 6. The van der Waals surface area contributed by atoms with Crippen LogP contribution >= 0.6 is 23.2 Å². The van der Waals surface area contributed by atoms with E-state index in [4.69, 9.17) is 23.2 Å². The molecule has 4 rings (SSSR count). The summed E-state index contributed by atoms with van der Waals surface area (Å²) in [5.41, 5.74) is 1.66. The topological polar surface area (TPSA) is 74.8 Å². The molecular weight excluding hydrogens is 451 g/mol. The van der Waals surface area contributed by atoms with E-state index < -0.39 is 0 Å². The Hall–Kier alpha value is -2.70. The highest BCUT2D eigenvalue weighted by atomic mass is 35.5. The Labute approximate surface area is 197 Å². The number of carbonyl (C=O) groups excluding carboxylic acids is 4. The van der Waals surface area contributed by atoms with Gasteiger partial charge in [-0.1, -0.05) is 56.0 Å². The summed E-state index contributed by atoms with van der Waals surface area (Å²) in [7, 11) is 0. The van der Waals surface area contributed by atoms with E-state index in [-0.39, 0.29) is 23.6 Å². The van der Waals surface area contributed by atoms with Gasteiger partial charge in [-0.05, 0) is 43.2 Å². The maximum Gasteiger partial charge on any atom is 0.263 e. The lowest BCUT2D eigenvalue weighted by molar-refractivity contribution is 0.0636. The molecule has 0 aromatic heterocycles. The maximum atomic E-state index is 12.0. The van der Waals surface area contributed by atoms with E-state index in [0.717, 1.165) is 25.7 Å². The van der Waals surface area contributed by atoms with Gasteiger partial charge in [0.15, 0.2) is 0 Å². The summed E-state index contributed by atoms with van der Waals surface area (Å²) in [5.74, 6) is -0.920. The quantitative estimate of drug-likeness (QED) is 0.519. The molecule has 8 heteroatoms. The van der Waals surface area contributed by atoms with Crippen molar-refractivity contribution in [2.45, 2.75) is 39.5 Å². The summed E-state index contributed by atoms with van der Waals surface area (Å²) >= 11 is 11.7. The average Bonchev–Trinajstić information content (AvgIpc) is 3.16. The van der Waals surface area contributed by atoms with Gasteiger partial charge in [0, 0.05) is 18.1 Å².